The van der Waals surface area contributed by atoms with Crippen LogP contribution in [0.15, 0.2) is 18.2 Å². The zero-order chi connectivity index (χ0) is 11.5. The van der Waals surface area contributed by atoms with Crippen molar-refractivity contribution in [3.05, 3.63) is 29.3 Å². The summed E-state index contributed by atoms with van der Waals surface area (Å²) in [5.41, 5.74) is 3.18. The van der Waals surface area contributed by atoms with Crippen LogP contribution in [0.1, 0.15) is 44.0 Å². The highest BCUT2D eigenvalue weighted by molar-refractivity contribution is 5.61. The standard InChI is InChI=1S/C14H20FN/c1-3-5-10(2)13(15)12-7-4-6-11-8-9-16-14(11)12/h4,6-7,10,13,16H,3,5,8-9H2,1-2H3. The van der Waals surface area contributed by atoms with Crippen molar-refractivity contribution in [2.75, 3.05) is 11.9 Å². The lowest BCUT2D eigenvalue weighted by Crippen LogP contribution is -2.07. The van der Waals surface area contributed by atoms with Gasteiger partial charge >= 0.3 is 0 Å². The molecule has 1 aliphatic rings. The van der Waals surface area contributed by atoms with E-state index < -0.39 is 6.17 Å². The number of fused-ring (bicyclic) bond motifs is 1. The van der Waals surface area contributed by atoms with Gasteiger partial charge in [-0.25, -0.2) is 4.39 Å². The number of nitrogens with one attached hydrogen (secondary N) is 1. The van der Waals surface area contributed by atoms with Crippen molar-refractivity contribution in [2.24, 2.45) is 5.92 Å². The number of para-hydroxylation sites is 1. The lowest BCUT2D eigenvalue weighted by Gasteiger charge is -2.19. The quantitative estimate of drug-likeness (QED) is 0.807. The van der Waals surface area contributed by atoms with Crippen LogP contribution in [-0.2, 0) is 6.42 Å². The van der Waals surface area contributed by atoms with Crippen molar-refractivity contribution in [3.8, 4) is 0 Å². The monoisotopic (exact) mass is 221 g/mol. The molecule has 0 saturated carbocycles. The number of anilines is 1. The molecular weight excluding hydrogens is 201 g/mol. The van der Waals surface area contributed by atoms with Gasteiger partial charge in [0, 0.05) is 17.8 Å². The molecule has 0 aromatic heterocycles. The van der Waals surface area contributed by atoms with Gasteiger partial charge in [0.25, 0.3) is 0 Å². The third kappa shape index (κ3) is 2.06. The summed E-state index contributed by atoms with van der Waals surface area (Å²) < 4.78 is 14.3. The summed E-state index contributed by atoms with van der Waals surface area (Å²) in [7, 11) is 0. The van der Waals surface area contributed by atoms with Crippen LogP contribution in [0, 0.1) is 5.92 Å². The van der Waals surface area contributed by atoms with Crippen molar-refractivity contribution in [2.45, 2.75) is 39.3 Å². The topological polar surface area (TPSA) is 12.0 Å². The molecule has 0 radical (unpaired) electrons. The summed E-state index contributed by atoms with van der Waals surface area (Å²) in [6, 6.07) is 6.00. The van der Waals surface area contributed by atoms with E-state index in [0.717, 1.165) is 37.1 Å². The molecule has 88 valence electrons. The Morgan fingerprint density at radius 2 is 2.25 bits per heavy atom. The molecule has 1 aromatic rings. The molecule has 2 heteroatoms. The Hall–Kier alpha value is -1.05. The van der Waals surface area contributed by atoms with Crippen LogP contribution in [0.3, 0.4) is 0 Å². The van der Waals surface area contributed by atoms with Gasteiger partial charge in [0.2, 0.25) is 0 Å². The molecule has 16 heavy (non-hydrogen) atoms. The van der Waals surface area contributed by atoms with Crippen LogP contribution >= 0.6 is 0 Å². The summed E-state index contributed by atoms with van der Waals surface area (Å²) in [5, 5.41) is 3.31. The smallest absolute Gasteiger partial charge is 0.130 e. The Bertz CT molecular complexity index is 362. The molecule has 0 spiro atoms. The predicted molar refractivity (Wildman–Crippen MR) is 66.6 cm³/mol. The number of benzene rings is 1. The van der Waals surface area contributed by atoms with E-state index >= 15 is 0 Å². The molecule has 0 fully saturated rings. The second-order valence-corrected chi connectivity index (χ2v) is 4.73. The van der Waals surface area contributed by atoms with E-state index in [0.29, 0.717) is 0 Å². The Kier molecular flexibility index (Phi) is 3.47. The molecule has 1 nitrogen and oxygen atoms in total. The minimum absolute atomic E-state index is 0.110. The second-order valence-electron chi connectivity index (χ2n) is 4.73. The molecule has 1 aromatic carbocycles. The van der Waals surface area contributed by atoms with Crippen LogP contribution in [0.4, 0.5) is 10.1 Å². The SMILES string of the molecule is CCCC(C)C(F)c1cccc2c1NCC2. The summed E-state index contributed by atoms with van der Waals surface area (Å²) in [5.74, 6) is 0.110. The molecule has 0 aliphatic carbocycles. The molecule has 2 atom stereocenters. The second kappa shape index (κ2) is 4.86. The van der Waals surface area contributed by atoms with Crippen LogP contribution in [0.5, 0.6) is 0 Å². The van der Waals surface area contributed by atoms with Crippen molar-refractivity contribution < 1.29 is 4.39 Å². The largest absolute Gasteiger partial charge is 0.384 e. The maximum Gasteiger partial charge on any atom is 0.130 e. The fourth-order valence-corrected chi connectivity index (χ4v) is 2.50. The van der Waals surface area contributed by atoms with Crippen LogP contribution in [-0.4, -0.2) is 6.54 Å². The minimum atomic E-state index is -0.833. The Morgan fingerprint density at radius 1 is 1.44 bits per heavy atom. The molecule has 0 saturated heterocycles. The fraction of sp³-hybridized carbons (Fsp3) is 0.571. The molecular formula is C14H20FN. The summed E-state index contributed by atoms with van der Waals surface area (Å²) in [4.78, 5) is 0. The summed E-state index contributed by atoms with van der Waals surface area (Å²) in [6.45, 7) is 5.06. The number of halogens is 1. The molecule has 0 amide bonds. The third-order valence-electron chi connectivity index (χ3n) is 3.42. The summed E-state index contributed by atoms with van der Waals surface area (Å²) >= 11 is 0. The van der Waals surface area contributed by atoms with Crippen LogP contribution in [0.2, 0.25) is 0 Å². The maximum absolute atomic E-state index is 14.3. The first kappa shape index (κ1) is 11.4. The van der Waals surface area contributed by atoms with Gasteiger partial charge in [-0.05, 0) is 24.3 Å². The molecule has 0 bridgehead atoms. The summed E-state index contributed by atoms with van der Waals surface area (Å²) in [6.07, 6.45) is 2.19. The van der Waals surface area contributed by atoms with E-state index in [9.17, 15) is 4.39 Å². The number of hydrogen-bond donors (Lipinski definition) is 1. The van der Waals surface area contributed by atoms with Gasteiger partial charge in [0.05, 0.1) is 0 Å². The zero-order valence-corrected chi connectivity index (χ0v) is 10.1. The van der Waals surface area contributed by atoms with Gasteiger partial charge in [-0.2, -0.15) is 0 Å². The van der Waals surface area contributed by atoms with Crippen molar-refractivity contribution in [1.29, 1.82) is 0 Å². The van der Waals surface area contributed by atoms with Gasteiger partial charge in [0.1, 0.15) is 6.17 Å². The number of rotatable bonds is 4. The molecule has 1 aliphatic heterocycles. The third-order valence-corrected chi connectivity index (χ3v) is 3.42. The zero-order valence-electron chi connectivity index (χ0n) is 10.1. The van der Waals surface area contributed by atoms with Gasteiger partial charge in [-0.3, -0.25) is 0 Å². The average Bonchev–Trinajstić information content (AvgIpc) is 2.76. The van der Waals surface area contributed by atoms with E-state index in [2.05, 4.69) is 18.3 Å². The first-order chi connectivity index (χ1) is 7.74. The van der Waals surface area contributed by atoms with Crippen molar-refractivity contribution in [3.63, 3.8) is 0 Å². The lowest BCUT2D eigenvalue weighted by molar-refractivity contribution is 0.235. The highest BCUT2D eigenvalue weighted by Gasteiger charge is 2.23. The van der Waals surface area contributed by atoms with Gasteiger partial charge in [-0.15, -0.1) is 0 Å². The fourth-order valence-electron chi connectivity index (χ4n) is 2.50. The lowest BCUT2D eigenvalue weighted by atomic mass is 9.92. The van der Waals surface area contributed by atoms with Crippen molar-refractivity contribution >= 4 is 5.69 Å². The number of hydrogen-bond acceptors (Lipinski definition) is 1. The highest BCUT2D eigenvalue weighted by Crippen LogP contribution is 2.37. The van der Waals surface area contributed by atoms with Gasteiger partial charge < -0.3 is 5.32 Å². The average molecular weight is 221 g/mol. The number of alkyl halides is 1. The molecule has 1 N–H and O–H groups in total. The normalized spacial score (nSPS) is 17.7. The molecule has 2 rings (SSSR count). The van der Waals surface area contributed by atoms with Crippen molar-refractivity contribution in [1.82, 2.24) is 0 Å². The van der Waals surface area contributed by atoms with Gasteiger partial charge in [-0.1, -0.05) is 38.5 Å². The molecule has 1 heterocycles. The van der Waals surface area contributed by atoms with E-state index in [-0.39, 0.29) is 5.92 Å². The van der Waals surface area contributed by atoms with E-state index in [1.165, 1.54) is 5.56 Å². The van der Waals surface area contributed by atoms with E-state index in [4.69, 9.17) is 0 Å². The maximum atomic E-state index is 14.3. The van der Waals surface area contributed by atoms with E-state index in [1.807, 2.05) is 19.1 Å². The van der Waals surface area contributed by atoms with Crippen LogP contribution < -0.4 is 5.32 Å². The minimum Gasteiger partial charge on any atom is -0.384 e. The molecule has 2 unspecified atom stereocenters. The first-order valence-corrected chi connectivity index (χ1v) is 6.23. The Labute approximate surface area is 97.1 Å². The van der Waals surface area contributed by atoms with Gasteiger partial charge in [0.15, 0.2) is 0 Å². The van der Waals surface area contributed by atoms with E-state index in [1.54, 1.807) is 0 Å². The first-order valence-electron chi connectivity index (χ1n) is 6.23. The highest BCUT2D eigenvalue weighted by atomic mass is 19.1. The predicted octanol–water partition coefficient (Wildman–Crippen LogP) is 4.10. The Morgan fingerprint density at radius 3 is 3.00 bits per heavy atom. The Balaban J connectivity index is 2.23. The van der Waals surface area contributed by atoms with Crippen LogP contribution in [0.25, 0.3) is 0 Å².